The second kappa shape index (κ2) is 8.16. The fourth-order valence-corrected chi connectivity index (χ4v) is 3.58. The Morgan fingerprint density at radius 2 is 2.00 bits per heavy atom. The minimum absolute atomic E-state index is 0.0770. The predicted molar refractivity (Wildman–Crippen MR) is 110 cm³/mol. The van der Waals surface area contributed by atoms with Gasteiger partial charge in [-0.3, -0.25) is 9.59 Å². The molecule has 1 fully saturated rings. The van der Waals surface area contributed by atoms with Crippen molar-refractivity contribution >= 4 is 28.8 Å². The minimum atomic E-state index is -0.383. The molecule has 2 N–H and O–H groups in total. The smallest absolute Gasteiger partial charge is 0.265 e. The van der Waals surface area contributed by atoms with E-state index < -0.39 is 0 Å². The van der Waals surface area contributed by atoms with Gasteiger partial charge in [-0.25, -0.2) is 0 Å². The molecule has 1 aromatic carbocycles. The first-order chi connectivity index (χ1) is 14.0. The third kappa shape index (κ3) is 4.54. The SMILES string of the molecule is CC(C)C(NC(=O)c1cccc(NC(=O)c2cccs2)c1)c1nc(C2CC2)no1. The number of hydrogen-bond acceptors (Lipinski definition) is 6. The summed E-state index contributed by atoms with van der Waals surface area (Å²) in [5.41, 5.74) is 1.01. The summed E-state index contributed by atoms with van der Waals surface area (Å²) in [6.45, 7) is 3.98. The summed E-state index contributed by atoms with van der Waals surface area (Å²) < 4.78 is 5.41. The molecule has 4 rings (SSSR count). The second-order valence-corrected chi connectivity index (χ2v) is 8.42. The molecular weight excluding hydrogens is 388 g/mol. The van der Waals surface area contributed by atoms with Crippen LogP contribution in [0.4, 0.5) is 5.69 Å². The Morgan fingerprint density at radius 3 is 2.69 bits per heavy atom. The van der Waals surface area contributed by atoms with E-state index in [4.69, 9.17) is 4.52 Å². The average molecular weight is 410 g/mol. The number of carbonyl (C=O) groups excluding carboxylic acids is 2. The normalized spacial score (nSPS) is 14.6. The van der Waals surface area contributed by atoms with Crippen LogP contribution < -0.4 is 10.6 Å². The Labute approximate surface area is 172 Å². The number of benzene rings is 1. The zero-order valence-electron chi connectivity index (χ0n) is 16.2. The van der Waals surface area contributed by atoms with Gasteiger partial charge in [-0.2, -0.15) is 4.98 Å². The summed E-state index contributed by atoms with van der Waals surface area (Å²) >= 11 is 1.36. The van der Waals surface area contributed by atoms with Crippen LogP contribution in [0.25, 0.3) is 0 Å². The van der Waals surface area contributed by atoms with Crippen molar-refractivity contribution in [3.63, 3.8) is 0 Å². The van der Waals surface area contributed by atoms with Crippen molar-refractivity contribution in [3.8, 4) is 0 Å². The van der Waals surface area contributed by atoms with Gasteiger partial charge in [0.1, 0.15) is 6.04 Å². The number of carbonyl (C=O) groups is 2. The van der Waals surface area contributed by atoms with Crippen molar-refractivity contribution in [2.24, 2.45) is 5.92 Å². The molecule has 2 aromatic heterocycles. The monoisotopic (exact) mass is 410 g/mol. The van der Waals surface area contributed by atoms with E-state index in [9.17, 15) is 9.59 Å². The first-order valence-electron chi connectivity index (χ1n) is 9.60. The predicted octanol–water partition coefficient (Wildman–Crippen LogP) is 4.39. The number of rotatable bonds is 7. The molecule has 0 bridgehead atoms. The van der Waals surface area contributed by atoms with Gasteiger partial charge in [0, 0.05) is 17.2 Å². The van der Waals surface area contributed by atoms with Crippen molar-refractivity contribution < 1.29 is 14.1 Å². The quantitative estimate of drug-likeness (QED) is 0.602. The van der Waals surface area contributed by atoms with Gasteiger partial charge in [0.15, 0.2) is 5.82 Å². The summed E-state index contributed by atoms with van der Waals surface area (Å²) in [5, 5.41) is 11.7. The molecule has 0 aliphatic heterocycles. The van der Waals surface area contributed by atoms with E-state index in [1.165, 1.54) is 11.3 Å². The zero-order chi connectivity index (χ0) is 20.4. The highest BCUT2D eigenvalue weighted by Crippen LogP contribution is 2.38. The van der Waals surface area contributed by atoms with Crippen LogP contribution in [0.2, 0.25) is 0 Å². The molecule has 0 saturated heterocycles. The molecule has 3 aromatic rings. The van der Waals surface area contributed by atoms with Gasteiger partial charge in [0.05, 0.1) is 4.88 Å². The van der Waals surface area contributed by atoms with E-state index in [2.05, 4.69) is 20.8 Å². The van der Waals surface area contributed by atoms with Crippen LogP contribution >= 0.6 is 11.3 Å². The largest absolute Gasteiger partial charge is 0.340 e. The van der Waals surface area contributed by atoms with Crippen LogP contribution in [-0.2, 0) is 0 Å². The van der Waals surface area contributed by atoms with Crippen LogP contribution in [0.5, 0.6) is 0 Å². The Hall–Kier alpha value is -3.00. The lowest BCUT2D eigenvalue weighted by Gasteiger charge is -2.18. The van der Waals surface area contributed by atoms with Gasteiger partial charge in [0.2, 0.25) is 5.89 Å². The molecule has 1 aliphatic rings. The van der Waals surface area contributed by atoms with Gasteiger partial charge in [0.25, 0.3) is 11.8 Å². The Morgan fingerprint density at radius 1 is 1.17 bits per heavy atom. The second-order valence-electron chi connectivity index (χ2n) is 7.47. The molecule has 1 atom stereocenters. The van der Waals surface area contributed by atoms with E-state index in [0.717, 1.165) is 18.7 Å². The van der Waals surface area contributed by atoms with Crippen LogP contribution in [0.1, 0.15) is 70.4 Å². The molecule has 29 heavy (non-hydrogen) atoms. The molecule has 1 saturated carbocycles. The average Bonchev–Trinajstić information content (AvgIpc) is 3.19. The van der Waals surface area contributed by atoms with E-state index >= 15 is 0 Å². The summed E-state index contributed by atoms with van der Waals surface area (Å²) in [7, 11) is 0. The Kier molecular flexibility index (Phi) is 5.44. The maximum atomic E-state index is 12.8. The molecule has 7 nitrogen and oxygen atoms in total. The molecule has 2 amide bonds. The van der Waals surface area contributed by atoms with Crippen molar-refractivity contribution in [3.05, 3.63) is 63.9 Å². The molecule has 0 spiro atoms. The summed E-state index contributed by atoms with van der Waals surface area (Å²) in [6.07, 6.45) is 2.17. The lowest BCUT2D eigenvalue weighted by Crippen LogP contribution is -2.32. The van der Waals surface area contributed by atoms with Gasteiger partial charge in [-0.15, -0.1) is 11.3 Å². The van der Waals surface area contributed by atoms with Gasteiger partial charge in [-0.1, -0.05) is 31.1 Å². The highest BCUT2D eigenvalue weighted by molar-refractivity contribution is 7.12. The summed E-state index contributed by atoms with van der Waals surface area (Å²) in [6, 6.07) is 10.0. The van der Waals surface area contributed by atoms with Crippen molar-refractivity contribution in [2.45, 2.75) is 38.6 Å². The molecular formula is C21H22N4O3S. The minimum Gasteiger partial charge on any atom is -0.340 e. The summed E-state index contributed by atoms with van der Waals surface area (Å²) in [5.74, 6) is 1.15. The van der Waals surface area contributed by atoms with Gasteiger partial charge in [-0.05, 0) is 48.4 Å². The zero-order valence-corrected chi connectivity index (χ0v) is 17.0. The number of nitrogens with zero attached hydrogens (tertiary/aromatic N) is 2. The van der Waals surface area contributed by atoms with Gasteiger partial charge >= 0.3 is 0 Å². The van der Waals surface area contributed by atoms with Crippen molar-refractivity contribution in [1.29, 1.82) is 0 Å². The topological polar surface area (TPSA) is 97.1 Å². The third-order valence-corrected chi connectivity index (χ3v) is 5.62. The lowest BCUT2D eigenvalue weighted by atomic mass is 10.0. The number of nitrogens with one attached hydrogen (secondary N) is 2. The van der Waals surface area contributed by atoms with Crippen LogP contribution in [0.15, 0.2) is 46.3 Å². The molecule has 1 unspecified atom stereocenters. The van der Waals surface area contributed by atoms with Gasteiger partial charge < -0.3 is 15.2 Å². The standard InChI is InChI=1S/C21H22N4O3S/c1-12(2)17(21-24-18(25-28-21)13-8-9-13)23-19(26)14-5-3-6-15(11-14)22-20(27)16-7-4-10-29-16/h3-7,10-13,17H,8-9H2,1-2H3,(H,22,27)(H,23,26). The number of thiophene rings is 1. The molecule has 150 valence electrons. The maximum Gasteiger partial charge on any atom is 0.265 e. The van der Waals surface area contributed by atoms with E-state index in [1.807, 2.05) is 25.3 Å². The highest BCUT2D eigenvalue weighted by atomic mass is 32.1. The van der Waals surface area contributed by atoms with Crippen molar-refractivity contribution in [2.75, 3.05) is 5.32 Å². The number of aromatic nitrogens is 2. The van der Waals surface area contributed by atoms with Crippen LogP contribution in [0.3, 0.4) is 0 Å². The van der Waals surface area contributed by atoms with Crippen molar-refractivity contribution in [1.82, 2.24) is 15.5 Å². The molecule has 1 aliphatic carbocycles. The maximum absolute atomic E-state index is 12.8. The lowest BCUT2D eigenvalue weighted by molar-refractivity contribution is 0.0913. The summed E-state index contributed by atoms with van der Waals surface area (Å²) in [4.78, 5) is 30.2. The highest BCUT2D eigenvalue weighted by Gasteiger charge is 2.31. The van der Waals surface area contributed by atoms with E-state index in [-0.39, 0.29) is 23.8 Å². The Balaban J connectivity index is 1.46. The molecule has 2 heterocycles. The van der Waals surface area contributed by atoms with E-state index in [0.29, 0.717) is 27.9 Å². The fraction of sp³-hybridized carbons (Fsp3) is 0.333. The third-order valence-electron chi connectivity index (χ3n) is 4.75. The number of anilines is 1. The van der Waals surface area contributed by atoms with Crippen LogP contribution in [-0.4, -0.2) is 22.0 Å². The van der Waals surface area contributed by atoms with E-state index in [1.54, 1.807) is 30.3 Å². The molecule has 0 radical (unpaired) electrons. The first kappa shape index (κ1) is 19.3. The fourth-order valence-electron chi connectivity index (χ4n) is 2.96. The van der Waals surface area contributed by atoms with Crippen LogP contribution in [0, 0.1) is 5.92 Å². The number of hydrogen-bond donors (Lipinski definition) is 2. The first-order valence-corrected chi connectivity index (χ1v) is 10.5. The molecule has 8 heteroatoms. The number of amides is 2. The Bertz CT molecular complexity index is 1010.